The third kappa shape index (κ3) is 5.79. The first kappa shape index (κ1) is 22.2. The number of H-pyrrole nitrogens is 1. The molecule has 1 aromatic heterocycles. The van der Waals surface area contributed by atoms with Gasteiger partial charge in [-0.15, -0.1) is 10.2 Å². The molecule has 2 N–H and O–H groups in total. The van der Waals surface area contributed by atoms with Crippen LogP contribution in [0, 0.1) is 0 Å². The average molecular weight is 439 g/mol. The van der Waals surface area contributed by atoms with Gasteiger partial charge in [-0.3, -0.25) is 14.6 Å². The van der Waals surface area contributed by atoms with Crippen LogP contribution in [0.5, 0.6) is 0 Å². The predicted molar refractivity (Wildman–Crippen MR) is 119 cm³/mol. The Morgan fingerprint density at radius 2 is 1.87 bits per heavy atom. The Morgan fingerprint density at radius 1 is 1.10 bits per heavy atom. The zero-order valence-corrected chi connectivity index (χ0v) is 17.9. The molecule has 160 valence electrons. The first-order valence-electron chi connectivity index (χ1n) is 9.79. The maximum Gasteiger partial charge on any atom is 0.338 e. The van der Waals surface area contributed by atoms with Crippen molar-refractivity contribution in [1.29, 1.82) is 0 Å². The Kier molecular flexibility index (Phi) is 7.55. The molecule has 3 aromatic rings. The number of aromatic amines is 1. The van der Waals surface area contributed by atoms with Gasteiger partial charge in [-0.1, -0.05) is 55.1 Å². The second kappa shape index (κ2) is 10.5. The molecule has 9 heteroatoms. The lowest BCUT2D eigenvalue weighted by Gasteiger charge is -2.14. The number of thioether (sulfide) groups is 1. The van der Waals surface area contributed by atoms with E-state index in [1.165, 1.54) is 0 Å². The fourth-order valence-corrected chi connectivity index (χ4v) is 3.62. The maximum absolute atomic E-state index is 12.7. The van der Waals surface area contributed by atoms with Crippen molar-refractivity contribution in [3.8, 4) is 11.3 Å². The van der Waals surface area contributed by atoms with E-state index in [0.29, 0.717) is 23.2 Å². The summed E-state index contributed by atoms with van der Waals surface area (Å²) in [5.74, 6) is -0.727. The third-order valence-corrected chi connectivity index (χ3v) is 5.52. The standard InChI is InChI=1S/C22H22N4O4S/c1-3-17(19(27)23-16-12-8-11-15(13-16)21(29)30-4-2)31-22-24-20(28)18(25-26-22)14-9-6-5-7-10-14/h5-13,17H,3-4H2,1-2H3,(H,23,27)(H,24,26,28). The van der Waals surface area contributed by atoms with Gasteiger partial charge in [0.2, 0.25) is 5.91 Å². The first-order chi connectivity index (χ1) is 15.0. The molecule has 1 amide bonds. The van der Waals surface area contributed by atoms with E-state index < -0.39 is 11.2 Å². The van der Waals surface area contributed by atoms with E-state index in [2.05, 4.69) is 20.5 Å². The lowest BCUT2D eigenvalue weighted by atomic mass is 10.2. The van der Waals surface area contributed by atoms with Crippen LogP contribution < -0.4 is 10.9 Å². The van der Waals surface area contributed by atoms with Gasteiger partial charge in [0.15, 0.2) is 10.9 Å². The number of amides is 1. The number of aromatic nitrogens is 3. The zero-order chi connectivity index (χ0) is 22.2. The van der Waals surface area contributed by atoms with Crippen LogP contribution in [0.3, 0.4) is 0 Å². The molecule has 0 aliphatic rings. The Balaban J connectivity index is 1.71. The van der Waals surface area contributed by atoms with Crippen molar-refractivity contribution in [3.05, 3.63) is 70.5 Å². The molecule has 1 atom stereocenters. The predicted octanol–water partition coefficient (Wildman–Crippen LogP) is 3.52. The molecule has 0 saturated carbocycles. The molecule has 0 fully saturated rings. The van der Waals surface area contributed by atoms with Gasteiger partial charge < -0.3 is 10.1 Å². The molecule has 0 radical (unpaired) electrons. The fourth-order valence-electron chi connectivity index (χ4n) is 2.78. The molecule has 0 spiro atoms. The van der Waals surface area contributed by atoms with Gasteiger partial charge in [-0.2, -0.15) is 0 Å². The van der Waals surface area contributed by atoms with Crippen molar-refractivity contribution in [2.75, 3.05) is 11.9 Å². The minimum Gasteiger partial charge on any atom is -0.462 e. The second-order valence-corrected chi connectivity index (χ2v) is 7.67. The number of rotatable bonds is 8. The summed E-state index contributed by atoms with van der Waals surface area (Å²) in [5.41, 5.74) is 1.35. The normalized spacial score (nSPS) is 11.5. The van der Waals surface area contributed by atoms with E-state index in [9.17, 15) is 14.4 Å². The van der Waals surface area contributed by atoms with Crippen LogP contribution in [0.15, 0.2) is 64.5 Å². The number of hydrogen-bond acceptors (Lipinski definition) is 7. The van der Waals surface area contributed by atoms with Crippen LogP contribution in [0.25, 0.3) is 11.3 Å². The first-order valence-corrected chi connectivity index (χ1v) is 10.7. The Morgan fingerprint density at radius 3 is 2.55 bits per heavy atom. The molecular weight excluding hydrogens is 416 g/mol. The van der Waals surface area contributed by atoms with Gasteiger partial charge in [-0.05, 0) is 31.5 Å². The number of esters is 1. The summed E-state index contributed by atoms with van der Waals surface area (Å²) >= 11 is 1.12. The van der Waals surface area contributed by atoms with Crippen LogP contribution in [-0.2, 0) is 9.53 Å². The van der Waals surface area contributed by atoms with Crippen LogP contribution in [0.2, 0.25) is 0 Å². The van der Waals surface area contributed by atoms with Crippen LogP contribution >= 0.6 is 11.8 Å². The van der Waals surface area contributed by atoms with Crippen molar-refractivity contribution in [2.45, 2.75) is 30.7 Å². The summed E-state index contributed by atoms with van der Waals surface area (Å²) in [6.07, 6.45) is 0.498. The molecular formula is C22H22N4O4S. The molecule has 1 unspecified atom stereocenters. The average Bonchev–Trinajstić information content (AvgIpc) is 2.78. The summed E-state index contributed by atoms with van der Waals surface area (Å²) < 4.78 is 4.98. The number of benzene rings is 2. The van der Waals surface area contributed by atoms with Crippen molar-refractivity contribution < 1.29 is 14.3 Å². The number of nitrogens with zero attached hydrogens (tertiary/aromatic N) is 2. The monoisotopic (exact) mass is 438 g/mol. The molecule has 3 rings (SSSR count). The Labute approximate surface area is 183 Å². The zero-order valence-electron chi connectivity index (χ0n) is 17.1. The Bertz CT molecular complexity index is 1120. The molecule has 0 saturated heterocycles. The molecule has 0 aliphatic heterocycles. The van der Waals surface area contributed by atoms with Gasteiger partial charge >= 0.3 is 5.97 Å². The second-order valence-electron chi connectivity index (χ2n) is 6.48. The SMILES string of the molecule is CCOC(=O)c1cccc(NC(=O)C(CC)Sc2nnc(-c3ccccc3)c(=O)[nH]2)c1. The van der Waals surface area contributed by atoms with Gasteiger partial charge in [0, 0.05) is 11.3 Å². The van der Waals surface area contributed by atoms with Crippen molar-refractivity contribution in [3.63, 3.8) is 0 Å². The van der Waals surface area contributed by atoms with E-state index in [1.54, 1.807) is 43.3 Å². The lowest BCUT2D eigenvalue weighted by Crippen LogP contribution is -2.25. The van der Waals surface area contributed by atoms with Crippen molar-refractivity contribution >= 4 is 29.3 Å². The smallest absolute Gasteiger partial charge is 0.338 e. The minimum absolute atomic E-state index is 0.221. The van der Waals surface area contributed by atoms with Gasteiger partial charge in [0.05, 0.1) is 17.4 Å². The number of nitrogens with one attached hydrogen (secondary N) is 2. The number of anilines is 1. The van der Waals surface area contributed by atoms with Crippen LogP contribution in [0.1, 0.15) is 30.6 Å². The number of hydrogen-bond donors (Lipinski definition) is 2. The lowest BCUT2D eigenvalue weighted by molar-refractivity contribution is -0.115. The fraction of sp³-hybridized carbons (Fsp3) is 0.227. The summed E-state index contributed by atoms with van der Waals surface area (Å²) in [5, 5.41) is 10.6. The molecule has 0 aliphatic carbocycles. The van der Waals surface area contributed by atoms with Crippen molar-refractivity contribution in [2.24, 2.45) is 0 Å². The van der Waals surface area contributed by atoms with Crippen LogP contribution in [0.4, 0.5) is 5.69 Å². The summed E-state index contributed by atoms with van der Waals surface area (Å²) in [4.78, 5) is 39.7. The third-order valence-electron chi connectivity index (χ3n) is 4.28. The highest BCUT2D eigenvalue weighted by atomic mass is 32.2. The van der Waals surface area contributed by atoms with E-state index in [4.69, 9.17) is 4.74 Å². The number of carbonyl (C=O) groups is 2. The quantitative estimate of drug-likeness (QED) is 0.408. The molecule has 2 aromatic carbocycles. The highest BCUT2D eigenvalue weighted by Gasteiger charge is 2.21. The van der Waals surface area contributed by atoms with E-state index in [-0.39, 0.29) is 28.9 Å². The highest BCUT2D eigenvalue weighted by Crippen LogP contribution is 2.23. The maximum atomic E-state index is 12.7. The molecule has 0 bridgehead atoms. The topological polar surface area (TPSA) is 114 Å². The summed E-state index contributed by atoms with van der Waals surface area (Å²) in [6.45, 7) is 3.86. The van der Waals surface area contributed by atoms with Gasteiger partial charge in [0.25, 0.3) is 5.56 Å². The Hall–Kier alpha value is -3.46. The van der Waals surface area contributed by atoms with Crippen molar-refractivity contribution in [1.82, 2.24) is 15.2 Å². The van der Waals surface area contributed by atoms with E-state index in [0.717, 1.165) is 11.8 Å². The summed E-state index contributed by atoms with van der Waals surface area (Å²) in [6, 6.07) is 15.6. The van der Waals surface area contributed by atoms with Gasteiger partial charge in [-0.25, -0.2) is 4.79 Å². The number of ether oxygens (including phenoxy) is 1. The van der Waals surface area contributed by atoms with E-state index >= 15 is 0 Å². The van der Waals surface area contributed by atoms with E-state index in [1.807, 2.05) is 25.1 Å². The van der Waals surface area contributed by atoms with Crippen LogP contribution in [-0.4, -0.2) is 38.9 Å². The molecule has 8 nitrogen and oxygen atoms in total. The largest absolute Gasteiger partial charge is 0.462 e. The highest BCUT2D eigenvalue weighted by molar-refractivity contribution is 8.00. The summed E-state index contributed by atoms with van der Waals surface area (Å²) in [7, 11) is 0. The number of carbonyl (C=O) groups excluding carboxylic acids is 2. The minimum atomic E-state index is -0.515. The molecule has 31 heavy (non-hydrogen) atoms. The molecule has 1 heterocycles. The van der Waals surface area contributed by atoms with Gasteiger partial charge in [0.1, 0.15) is 0 Å².